The third kappa shape index (κ3) is 2.48. The molecule has 0 radical (unpaired) electrons. The van der Waals surface area contributed by atoms with Crippen LogP contribution >= 0.6 is 0 Å². The van der Waals surface area contributed by atoms with Crippen LogP contribution in [0.4, 0.5) is 0 Å². The quantitative estimate of drug-likeness (QED) is 0.527. The van der Waals surface area contributed by atoms with Crippen LogP contribution in [0.15, 0.2) is 0 Å². The maximum atomic E-state index is 10.7. The highest BCUT2D eigenvalue weighted by molar-refractivity contribution is 5.73. The van der Waals surface area contributed by atoms with E-state index in [1.807, 2.05) is 0 Å². The zero-order chi connectivity index (χ0) is 8.27. The van der Waals surface area contributed by atoms with Gasteiger partial charge in [0.1, 0.15) is 0 Å². The van der Waals surface area contributed by atoms with Crippen molar-refractivity contribution < 1.29 is 9.53 Å². The van der Waals surface area contributed by atoms with E-state index in [2.05, 4.69) is 5.32 Å². The predicted molar refractivity (Wildman–Crippen MR) is 41.0 cm³/mol. The highest BCUT2D eigenvalue weighted by Gasteiger charge is 2.22. The molecule has 4 nitrogen and oxygen atoms in total. The topological polar surface area (TPSA) is 64.3 Å². The molecule has 64 valence electrons. The minimum absolute atomic E-state index is 0.0210. The van der Waals surface area contributed by atoms with Gasteiger partial charge in [0, 0.05) is 25.6 Å². The normalized spacial score (nSPS) is 31.5. The molecule has 0 aliphatic carbocycles. The molecule has 1 fully saturated rings. The molecule has 0 saturated carbocycles. The van der Waals surface area contributed by atoms with Crippen LogP contribution in [0.5, 0.6) is 0 Å². The van der Waals surface area contributed by atoms with Gasteiger partial charge in [-0.1, -0.05) is 0 Å². The van der Waals surface area contributed by atoms with Crippen molar-refractivity contribution in [1.29, 1.82) is 0 Å². The van der Waals surface area contributed by atoms with Crippen LogP contribution in [-0.2, 0) is 9.53 Å². The molecule has 1 aliphatic heterocycles. The van der Waals surface area contributed by atoms with Crippen LogP contribution in [0.25, 0.3) is 0 Å². The largest absolute Gasteiger partial charge is 0.380 e. The molecular weight excluding hydrogens is 144 g/mol. The second kappa shape index (κ2) is 3.69. The van der Waals surface area contributed by atoms with Crippen molar-refractivity contribution in [3.63, 3.8) is 0 Å². The molecule has 11 heavy (non-hydrogen) atoms. The van der Waals surface area contributed by atoms with E-state index in [0.717, 1.165) is 6.42 Å². The molecular formula is C7H14N2O2. The monoisotopic (exact) mass is 158 g/mol. The summed E-state index contributed by atoms with van der Waals surface area (Å²) >= 11 is 0. The van der Waals surface area contributed by atoms with Gasteiger partial charge >= 0.3 is 0 Å². The fraction of sp³-hybridized carbons (Fsp3) is 0.857. The number of hydrogen-bond acceptors (Lipinski definition) is 3. The van der Waals surface area contributed by atoms with Crippen molar-refractivity contribution in [1.82, 2.24) is 5.32 Å². The molecule has 2 unspecified atom stereocenters. The molecule has 1 amide bonds. The predicted octanol–water partition coefficient (Wildman–Crippen LogP) is -0.761. The Balaban J connectivity index is 2.35. The number of nitrogens with two attached hydrogens (primary N) is 1. The first-order valence-electron chi connectivity index (χ1n) is 3.80. The van der Waals surface area contributed by atoms with Gasteiger partial charge in [-0.25, -0.2) is 0 Å². The fourth-order valence-electron chi connectivity index (χ4n) is 1.20. The van der Waals surface area contributed by atoms with E-state index in [1.165, 1.54) is 6.92 Å². The van der Waals surface area contributed by atoms with Crippen molar-refractivity contribution >= 4 is 5.91 Å². The minimum atomic E-state index is -0.0485. The number of carbonyl (C=O) groups is 1. The first-order valence-corrected chi connectivity index (χ1v) is 3.80. The van der Waals surface area contributed by atoms with Crippen LogP contribution in [0.3, 0.4) is 0 Å². The Morgan fingerprint density at radius 3 is 3.00 bits per heavy atom. The second-order valence-electron chi connectivity index (χ2n) is 2.83. The third-order valence-corrected chi connectivity index (χ3v) is 1.79. The maximum absolute atomic E-state index is 10.7. The van der Waals surface area contributed by atoms with Gasteiger partial charge in [-0.3, -0.25) is 4.79 Å². The Kier molecular flexibility index (Phi) is 2.84. The van der Waals surface area contributed by atoms with Crippen LogP contribution in [0.2, 0.25) is 0 Å². The highest BCUT2D eigenvalue weighted by atomic mass is 16.5. The SMILES string of the molecule is CC(=O)NC1CCOCC1N. The van der Waals surface area contributed by atoms with E-state index < -0.39 is 0 Å². The summed E-state index contributed by atoms with van der Waals surface area (Å²) in [7, 11) is 0. The maximum Gasteiger partial charge on any atom is 0.217 e. The Hall–Kier alpha value is -0.610. The molecule has 3 N–H and O–H groups in total. The average Bonchev–Trinajstić information content (AvgIpc) is 1.93. The summed E-state index contributed by atoms with van der Waals surface area (Å²) in [6, 6.07) is 0.0499. The van der Waals surface area contributed by atoms with Gasteiger partial charge in [0.25, 0.3) is 0 Å². The molecule has 0 aromatic heterocycles. The summed E-state index contributed by atoms with van der Waals surface area (Å²) in [5.41, 5.74) is 5.69. The molecule has 0 bridgehead atoms. The van der Waals surface area contributed by atoms with E-state index in [9.17, 15) is 4.79 Å². The molecule has 2 atom stereocenters. The van der Waals surface area contributed by atoms with Gasteiger partial charge in [0.15, 0.2) is 0 Å². The summed E-state index contributed by atoms with van der Waals surface area (Å²) in [6.07, 6.45) is 0.820. The molecule has 1 heterocycles. The molecule has 0 aromatic carbocycles. The smallest absolute Gasteiger partial charge is 0.217 e. The summed E-state index contributed by atoms with van der Waals surface area (Å²) in [6.45, 7) is 2.74. The van der Waals surface area contributed by atoms with E-state index in [4.69, 9.17) is 10.5 Å². The summed E-state index contributed by atoms with van der Waals surface area (Å²) in [4.78, 5) is 10.7. The average molecular weight is 158 g/mol. The van der Waals surface area contributed by atoms with Gasteiger partial charge < -0.3 is 15.8 Å². The Bertz CT molecular complexity index is 149. The van der Waals surface area contributed by atoms with Crippen LogP contribution < -0.4 is 11.1 Å². The van der Waals surface area contributed by atoms with Crippen molar-refractivity contribution in [2.24, 2.45) is 5.73 Å². The number of carbonyl (C=O) groups excluding carboxylic acids is 1. The number of ether oxygens (including phenoxy) is 1. The van der Waals surface area contributed by atoms with Gasteiger partial charge in [0.2, 0.25) is 5.91 Å². The third-order valence-electron chi connectivity index (χ3n) is 1.79. The lowest BCUT2D eigenvalue weighted by Crippen LogP contribution is -2.52. The van der Waals surface area contributed by atoms with Crippen LogP contribution in [-0.4, -0.2) is 31.2 Å². The van der Waals surface area contributed by atoms with E-state index in [0.29, 0.717) is 13.2 Å². The lowest BCUT2D eigenvalue weighted by molar-refractivity contribution is -0.120. The summed E-state index contributed by atoms with van der Waals surface area (Å²) in [5.74, 6) is -0.0210. The van der Waals surface area contributed by atoms with Gasteiger partial charge in [0.05, 0.1) is 6.61 Å². The van der Waals surface area contributed by atoms with Crippen molar-refractivity contribution in [3.8, 4) is 0 Å². The van der Waals surface area contributed by atoms with Gasteiger partial charge in [-0.05, 0) is 6.42 Å². The van der Waals surface area contributed by atoms with Gasteiger partial charge in [-0.2, -0.15) is 0 Å². The van der Waals surface area contributed by atoms with Crippen molar-refractivity contribution in [2.75, 3.05) is 13.2 Å². The fourth-order valence-corrected chi connectivity index (χ4v) is 1.20. The second-order valence-corrected chi connectivity index (χ2v) is 2.83. The van der Waals surface area contributed by atoms with Crippen LogP contribution in [0.1, 0.15) is 13.3 Å². The molecule has 1 aliphatic rings. The first-order chi connectivity index (χ1) is 5.20. The highest BCUT2D eigenvalue weighted by Crippen LogP contribution is 2.04. The van der Waals surface area contributed by atoms with Crippen molar-refractivity contribution in [3.05, 3.63) is 0 Å². The number of rotatable bonds is 1. The van der Waals surface area contributed by atoms with E-state index in [-0.39, 0.29) is 18.0 Å². The zero-order valence-corrected chi connectivity index (χ0v) is 6.67. The molecule has 4 heteroatoms. The van der Waals surface area contributed by atoms with E-state index in [1.54, 1.807) is 0 Å². The number of hydrogen-bond donors (Lipinski definition) is 2. The molecule has 1 rings (SSSR count). The Morgan fingerprint density at radius 1 is 1.73 bits per heavy atom. The molecule has 1 saturated heterocycles. The van der Waals surface area contributed by atoms with Gasteiger partial charge in [-0.15, -0.1) is 0 Å². The lowest BCUT2D eigenvalue weighted by Gasteiger charge is -2.28. The Morgan fingerprint density at radius 2 is 2.45 bits per heavy atom. The number of amides is 1. The van der Waals surface area contributed by atoms with Crippen LogP contribution in [0, 0.1) is 0 Å². The van der Waals surface area contributed by atoms with Crippen molar-refractivity contribution in [2.45, 2.75) is 25.4 Å². The minimum Gasteiger partial charge on any atom is -0.380 e. The number of nitrogens with one attached hydrogen (secondary N) is 1. The first kappa shape index (κ1) is 8.49. The Labute approximate surface area is 66.1 Å². The zero-order valence-electron chi connectivity index (χ0n) is 6.67. The summed E-state index contributed by atoms with van der Waals surface area (Å²) < 4.78 is 5.12. The van der Waals surface area contributed by atoms with E-state index >= 15 is 0 Å². The molecule has 0 aromatic rings. The standard InChI is InChI=1S/C7H14N2O2/c1-5(10)9-7-2-3-11-4-6(7)8/h6-7H,2-4,8H2,1H3,(H,9,10). The summed E-state index contributed by atoms with van der Waals surface area (Å²) in [5, 5.41) is 2.79. The lowest BCUT2D eigenvalue weighted by atomic mass is 10.0. The molecule has 0 spiro atoms.